The number of thioether (sulfide) groups is 1. The summed E-state index contributed by atoms with van der Waals surface area (Å²) in [5, 5.41) is 0.957. The van der Waals surface area contributed by atoms with Gasteiger partial charge in [-0.15, -0.1) is 11.8 Å². The molecule has 7 heteroatoms. The van der Waals surface area contributed by atoms with Crippen LogP contribution in [0.5, 0.6) is 11.5 Å². The lowest BCUT2D eigenvalue weighted by Gasteiger charge is -2.23. The van der Waals surface area contributed by atoms with E-state index in [2.05, 4.69) is 0 Å². The highest BCUT2D eigenvalue weighted by Crippen LogP contribution is 2.44. The third kappa shape index (κ3) is 4.06. The van der Waals surface area contributed by atoms with Crippen LogP contribution >= 0.6 is 11.8 Å². The van der Waals surface area contributed by atoms with E-state index >= 15 is 0 Å². The summed E-state index contributed by atoms with van der Waals surface area (Å²) in [7, 11) is -0.388. The Morgan fingerprint density at radius 2 is 1.88 bits per heavy atom. The Labute approximate surface area is 158 Å². The quantitative estimate of drug-likeness (QED) is 0.751. The zero-order chi connectivity index (χ0) is 18.6. The molecule has 2 aromatic carbocycles. The summed E-state index contributed by atoms with van der Waals surface area (Å²) in [6.45, 7) is 0.464. The molecular weight excluding hydrogens is 370 g/mol. The van der Waals surface area contributed by atoms with Crippen LogP contribution in [0.15, 0.2) is 53.9 Å². The van der Waals surface area contributed by atoms with Gasteiger partial charge in [0.2, 0.25) is 10.0 Å². The summed E-state index contributed by atoms with van der Waals surface area (Å²) >= 11 is 1.59. The average Bonchev–Trinajstić information content (AvgIpc) is 3.17. The summed E-state index contributed by atoms with van der Waals surface area (Å²) in [5.41, 5.74) is 1.67. The van der Waals surface area contributed by atoms with Crippen molar-refractivity contribution in [1.29, 1.82) is 0 Å². The highest BCUT2D eigenvalue weighted by molar-refractivity contribution is 8.01. The second kappa shape index (κ2) is 8.16. The van der Waals surface area contributed by atoms with Crippen LogP contribution in [0.2, 0.25) is 0 Å². The Balaban J connectivity index is 1.89. The minimum atomic E-state index is -3.55. The van der Waals surface area contributed by atoms with Crippen molar-refractivity contribution in [3.05, 3.63) is 65.1 Å². The molecule has 1 fully saturated rings. The lowest BCUT2D eigenvalue weighted by molar-refractivity contribution is 0.380. The number of benzene rings is 2. The molecule has 0 spiro atoms. The van der Waals surface area contributed by atoms with Crippen molar-refractivity contribution in [2.24, 2.45) is 0 Å². The Kier molecular flexibility index (Phi) is 5.90. The molecule has 1 atom stereocenters. The summed E-state index contributed by atoms with van der Waals surface area (Å²) in [4.78, 5) is 0. The normalized spacial score (nSPS) is 18.3. The van der Waals surface area contributed by atoms with E-state index in [1.807, 2.05) is 42.5 Å². The van der Waals surface area contributed by atoms with Gasteiger partial charge in [-0.05, 0) is 23.8 Å². The molecule has 0 N–H and O–H groups in total. The van der Waals surface area contributed by atoms with Gasteiger partial charge < -0.3 is 9.47 Å². The Morgan fingerprint density at radius 1 is 1.12 bits per heavy atom. The van der Waals surface area contributed by atoms with Crippen molar-refractivity contribution < 1.29 is 17.9 Å². The fourth-order valence-electron chi connectivity index (χ4n) is 2.79. The second-order valence-corrected chi connectivity index (χ2v) is 8.66. The molecule has 0 bridgehead atoms. The standard InChI is InChI=1S/C19H21NO4S2/c1-23-16-8-9-17(18(14-16)24-2)19-20(11-12-25-19)26(21,22)13-10-15-6-4-3-5-7-15/h3-10,13-14,19H,11-12H2,1-2H3. The van der Waals surface area contributed by atoms with Crippen LogP contribution in [-0.4, -0.2) is 39.2 Å². The van der Waals surface area contributed by atoms with E-state index in [1.165, 1.54) is 9.71 Å². The van der Waals surface area contributed by atoms with Gasteiger partial charge in [-0.3, -0.25) is 0 Å². The topological polar surface area (TPSA) is 55.8 Å². The van der Waals surface area contributed by atoms with E-state index < -0.39 is 10.0 Å². The van der Waals surface area contributed by atoms with Crippen molar-refractivity contribution >= 4 is 27.9 Å². The minimum Gasteiger partial charge on any atom is -0.497 e. The molecule has 0 aliphatic carbocycles. The maximum Gasteiger partial charge on any atom is 0.237 e. The summed E-state index contributed by atoms with van der Waals surface area (Å²) in [6.07, 6.45) is 1.63. The predicted octanol–water partition coefficient (Wildman–Crippen LogP) is 3.75. The Bertz CT molecular complexity index is 882. The van der Waals surface area contributed by atoms with Crippen LogP contribution in [0.1, 0.15) is 16.5 Å². The van der Waals surface area contributed by atoms with Gasteiger partial charge in [0, 0.05) is 29.3 Å². The molecule has 2 aromatic rings. The van der Waals surface area contributed by atoms with Gasteiger partial charge in [-0.25, -0.2) is 8.42 Å². The van der Waals surface area contributed by atoms with Gasteiger partial charge in [0.25, 0.3) is 0 Å². The number of hydrogen-bond donors (Lipinski definition) is 0. The lowest BCUT2D eigenvalue weighted by Crippen LogP contribution is -2.29. The first kappa shape index (κ1) is 18.8. The third-order valence-corrected chi connectivity index (χ3v) is 7.02. The van der Waals surface area contributed by atoms with Gasteiger partial charge in [0.15, 0.2) is 0 Å². The van der Waals surface area contributed by atoms with Crippen LogP contribution in [0.3, 0.4) is 0 Å². The molecule has 0 amide bonds. The molecule has 1 heterocycles. The molecule has 26 heavy (non-hydrogen) atoms. The highest BCUT2D eigenvalue weighted by Gasteiger charge is 2.36. The van der Waals surface area contributed by atoms with Crippen LogP contribution in [0.25, 0.3) is 6.08 Å². The van der Waals surface area contributed by atoms with Crippen molar-refractivity contribution in [3.63, 3.8) is 0 Å². The van der Waals surface area contributed by atoms with Gasteiger partial charge in [0.1, 0.15) is 11.5 Å². The second-order valence-electron chi connectivity index (χ2n) is 5.70. The van der Waals surface area contributed by atoms with Crippen LogP contribution in [0, 0.1) is 0 Å². The first-order chi connectivity index (χ1) is 12.5. The molecule has 1 unspecified atom stereocenters. The SMILES string of the molecule is COc1ccc(C2SCCN2S(=O)(=O)C=Cc2ccccc2)c(OC)c1. The molecule has 1 aliphatic rings. The van der Waals surface area contributed by atoms with E-state index in [1.54, 1.807) is 38.1 Å². The lowest BCUT2D eigenvalue weighted by atomic mass is 10.2. The molecule has 0 aromatic heterocycles. The van der Waals surface area contributed by atoms with Crippen molar-refractivity contribution in [1.82, 2.24) is 4.31 Å². The first-order valence-corrected chi connectivity index (χ1v) is 10.7. The van der Waals surface area contributed by atoms with Crippen LogP contribution in [-0.2, 0) is 10.0 Å². The zero-order valence-electron chi connectivity index (χ0n) is 14.7. The monoisotopic (exact) mass is 391 g/mol. The molecular formula is C19H21NO4S2. The summed E-state index contributed by atoms with van der Waals surface area (Å²) in [5.74, 6) is 2.03. The van der Waals surface area contributed by atoms with Crippen LogP contribution < -0.4 is 9.47 Å². The van der Waals surface area contributed by atoms with E-state index in [9.17, 15) is 8.42 Å². The first-order valence-electron chi connectivity index (χ1n) is 8.13. The van der Waals surface area contributed by atoms with Gasteiger partial charge >= 0.3 is 0 Å². The van der Waals surface area contributed by atoms with Crippen molar-refractivity contribution in [2.45, 2.75) is 5.37 Å². The van der Waals surface area contributed by atoms with Crippen LogP contribution in [0.4, 0.5) is 0 Å². The van der Waals surface area contributed by atoms with Gasteiger partial charge in [-0.2, -0.15) is 4.31 Å². The summed E-state index contributed by atoms with van der Waals surface area (Å²) in [6, 6.07) is 14.9. The molecule has 0 saturated carbocycles. The molecule has 1 saturated heterocycles. The molecule has 138 valence electrons. The van der Waals surface area contributed by atoms with E-state index in [0.29, 0.717) is 18.0 Å². The van der Waals surface area contributed by atoms with Gasteiger partial charge in [-0.1, -0.05) is 30.3 Å². The van der Waals surface area contributed by atoms with E-state index in [0.717, 1.165) is 16.9 Å². The summed E-state index contributed by atoms with van der Waals surface area (Å²) < 4.78 is 37.9. The maximum absolute atomic E-state index is 12.9. The minimum absolute atomic E-state index is 0.318. The maximum atomic E-state index is 12.9. The number of ether oxygens (including phenoxy) is 2. The molecule has 3 rings (SSSR count). The third-order valence-electron chi connectivity index (χ3n) is 4.11. The van der Waals surface area contributed by atoms with Crippen molar-refractivity contribution in [3.8, 4) is 11.5 Å². The molecule has 0 radical (unpaired) electrons. The number of nitrogens with zero attached hydrogens (tertiary/aromatic N) is 1. The molecule has 5 nitrogen and oxygen atoms in total. The Hall–Kier alpha value is -1.96. The zero-order valence-corrected chi connectivity index (χ0v) is 16.3. The smallest absolute Gasteiger partial charge is 0.237 e. The number of hydrogen-bond acceptors (Lipinski definition) is 5. The Morgan fingerprint density at radius 3 is 2.58 bits per heavy atom. The van der Waals surface area contributed by atoms with Gasteiger partial charge in [0.05, 0.1) is 19.6 Å². The highest BCUT2D eigenvalue weighted by atomic mass is 32.2. The average molecular weight is 392 g/mol. The fraction of sp³-hybridized carbons (Fsp3) is 0.263. The van der Waals surface area contributed by atoms with E-state index in [4.69, 9.17) is 9.47 Å². The van der Waals surface area contributed by atoms with E-state index in [-0.39, 0.29) is 5.37 Å². The number of sulfonamides is 1. The largest absolute Gasteiger partial charge is 0.497 e. The molecule has 1 aliphatic heterocycles. The number of rotatable bonds is 6. The number of methoxy groups -OCH3 is 2. The van der Waals surface area contributed by atoms with Crippen molar-refractivity contribution in [2.75, 3.05) is 26.5 Å². The fourth-order valence-corrected chi connectivity index (χ4v) is 5.83. The predicted molar refractivity (Wildman–Crippen MR) is 106 cm³/mol.